The van der Waals surface area contributed by atoms with Crippen molar-refractivity contribution in [1.29, 1.82) is 0 Å². The summed E-state index contributed by atoms with van der Waals surface area (Å²) in [4.78, 5) is 38.9. The number of hydrogen-bond donors (Lipinski definition) is 3. The molecule has 32 heavy (non-hydrogen) atoms. The molecule has 2 aromatic heterocycles. The lowest BCUT2D eigenvalue weighted by Crippen LogP contribution is -2.40. The van der Waals surface area contributed by atoms with Gasteiger partial charge in [-0.05, 0) is 40.2 Å². The molecular formula is C22H16BrN5O3S. The van der Waals surface area contributed by atoms with Crippen LogP contribution in [0.25, 0.3) is 10.8 Å². The average Bonchev–Trinajstić information content (AvgIpc) is 3.23. The first kappa shape index (κ1) is 21.6. The zero-order valence-electron chi connectivity index (χ0n) is 16.4. The van der Waals surface area contributed by atoms with E-state index in [2.05, 4.69) is 42.0 Å². The molecule has 0 aliphatic carbocycles. The number of benzene rings is 2. The van der Waals surface area contributed by atoms with Gasteiger partial charge in [0.25, 0.3) is 17.4 Å². The number of aromatic nitrogens is 2. The lowest BCUT2D eigenvalue weighted by Gasteiger charge is -2.18. The van der Waals surface area contributed by atoms with Gasteiger partial charge in [0.1, 0.15) is 5.69 Å². The number of hydrazone groups is 1. The fourth-order valence-corrected chi connectivity index (χ4v) is 4.34. The van der Waals surface area contributed by atoms with Crippen LogP contribution in [-0.2, 0) is 4.79 Å². The molecule has 3 N–H and O–H groups in total. The number of carbonyl (C=O) groups excluding carboxylic acids is 2. The second-order valence-corrected chi connectivity index (χ2v) is 8.52. The van der Waals surface area contributed by atoms with Gasteiger partial charge in [-0.15, -0.1) is 11.3 Å². The normalized spacial score (nSPS) is 12.0. The summed E-state index contributed by atoms with van der Waals surface area (Å²) in [6.07, 6.45) is 1.50. The highest BCUT2D eigenvalue weighted by Gasteiger charge is 2.27. The minimum atomic E-state index is -1.20. The molecule has 0 bridgehead atoms. The van der Waals surface area contributed by atoms with Gasteiger partial charge in [-0.1, -0.05) is 36.4 Å². The maximum atomic E-state index is 13.1. The zero-order valence-corrected chi connectivity index (χ0v) is 18.8. The predicted molar refractivity (Wildman–Crippen MR) is 127 cm³/mol. The SMILES string of the molecule is O=C(N[C@@H](C(=O)N/N=C\c1cc(Br)cs1)c1n[nH]c(=O)c2ccccc12)c1ccccc1. The van der Waals surface area contributed by atoms with Crippen molar-refractivity contribution in [2.45, 2.75) is 6.04 Å². The Morgan fingerprint density at radius 2 is 1.81 bits per heavy atom. The minimum absolute atomic E-state index is 0.205. The van der Waals surface area contributed by atoms with Gasteiger partial charge < -0.3 is 5.32 Å². The molecule has 2 heterocycles. The quantitative estimate of drug-likeness (QED) is 0.273. The molecule has 1 atom stereocenters. The molecule has 0 fully saturated rings. The van der Waals surface area contributed by atoms with Gasteiger partial charge in [-0.2, -0.15) is 10.2 Å². The Kier molecular flexibility index (Phi) is 6.52. The molecule has 0 radical (unpaired) electrons. The third-order valence-electron chi connectivity index (χ3n) is 4.53. The molecule has 8 nitrogen and oxygen atoms in total. The van der Waals surface area contributed by atoms with Gasteiger partial charge in [-0.3, -0.25) is 14.4 Å². The Labute approximate surface area is 194 Å². The molecule has 2 aromatic carbocycles. The van der Waals surface area contributed by atoms with Crippen LogP contribution in [0.3, 0.4) is 0 Å². The second-order valence-electron chi connectivity index (χ2n) is 6.66. The van der Waals surface area contributed by atoms with E-state index < -0.39 is 17.9 Å². The Morgan fingerprint density at radius 3 is 2.53 bits per heavy atom. The lowest BCUT2D eigenvalue weighted by molar-refractivity contribution is -0.123. The summed E-state index contributed by atoms with van der Waals surface area (Å²) in [5, 5.41) is 15.9. The van der Waals surface area contributed by atoms with Crippen LogP contribution in [0.4, 0.5) is 0 Å². The van der Waals surface area contributed by atoms with Gasteiger partial charge in [-0.25, -0.2) is 10.5 Å². The second kappa shape index (κ2) is 9.67. The third kappa shape index (κ3) is 4.82. The monoisotopic (exact) mass is 509 g/mol. The van der Waals surface area contributed by atoms with E-state index in [9.17, 15) is 14.4 Å². The average molecular weight is 510 g/mol. The minimum Gasteiger partial charge on any atom is -0.335 e. The van der Waals surface area contributed by atoms with Crippen LogP contribution in [0.2, 0.25) is 0 Å². The van der Waals surface area contributed by atoms with E-state index in [0.29, 0.717) is 16.3 Å². The van der Waals surface area contributed by atoms with Gasteiger partial charge in [0.2, 0.25) is 0 Å². The van der Waals surface area contributed by atoms with E-state index in [0.717, 1.165) is 9.35 Å². The van der Waals surface area contributed by atoms with Crippen LogP contribution in [0, 0.1) is 0 Å². The fraction of sp³-hybridized carbons (Fsp3) is 0.0455. The summed E-state index contributed by atoms with van der Waals surface area (Å²) < 4.78 is 0.909. The fourth-order valence-electron chi connectivity index (χ4n) is 3.04. The van der Waals surface area contributed by atoms with E-state index in [4.69, 9.17) is 0 Å². The summed E-state index contributed by atoms with van der Waals surface area (Å²) in [7, 11) is 0. The Morgan fingerprint density at radius 1 is 1.09 bits per heavy atom. The van der Waals surface area contributed by atoms with Crippen molar-refractivity contribution in [3.05, 3.63) is 97.0 Å². The molecular weight excluding hydrogens is 494 g/mol. The number of halogens is 1. The maximum Gasteiger partial charge on any atom is 0.272 e. The van der Waals surface area contributed by atoms with Crippen LogP contribution in [0.1, 0.15) is 27.0 Å². The van der Waals surface area contributed by atoms with Gasteiger partial charge in [0.15, 0.2) is 6.04 Å². The van der Waals surface area contributed by atoms with Crippen LogP contribution in [0.15, 0.2) is 80.4 Å². The van der Waals surface area contributed by atoms with Crippen LogP contribution < -0.4 is 16.3 Å². The number of nitrogens with one attached hydrogen (secondary N) is 3. The van der Waals surface area contributed by atoms with Crippen LogP contribution in [-0.4, -0.2) is 28.2 Å². The molecule has 0 aliphatic rings. The number of nitrogens with zero attached hydrogens (tertiary/aromatic N) is 2. The van der Waals surface area contributed by atoms with Crippen molar-refractivity contribution in [2.75, 3.05) is 0 Å². The number of rotatable bonds is 6. The van der Waals surface area contributed by atoms with Crippen LogP contribution >= 0.6 is 27.3 Å². The molecule has 0 saturated heterocycles. The highest BCUT2D eigenvalue weighted by atomic mass is 79.9. The first-order valence-corrected chi connectivity index (χ1v) is 11.1. The zero-order chi connectivity index (χ0) is 22.5. The Balaban J connectivity index is 1.67. The number of amides is 2. The molecule has 0 spiro atoms. The molecule has 160 valence electrons. The highest BCUT2D eigenvalue weighted by Crippen LogP contribution is 2.21. The highest BCUT2D eigenvalue weighted by molar-refractivity contribution is 9.10. The molecule has 0 aliphatic heterocycles. The maximum absolute atomic E-state index is 13.1. The summed E-state index contributed by atoms with van der Waals surface area (Å²) in [6.45, 7) is 0. The topological polar surface area (TPSA) is 116 Å². The van der Waals surface area contributed by atoms with Crippen molar-refractivity contribution in [2.24, 2.45) is 5.10 Å². The number of thiophene rings is 1. The molecule has 4 aromatic rings. The number of hydrogen-bond acceptors (Lipinski definition) is 6. The molecule has 10 heteroatoms. The summed E-state index contributed by atoms with van der Waals surface area (Å²) in [6, 6.07) is 15.9. The standard InChI is InChI=1S/C22H16BrN5O3S/c23-14-10-15(32-12-14)11-24-27-22(31)19(25-20(29)13-6-2-1-3-7-13)18-16-8-4-5-9-17(16)21(30)28-26-18/h1-12,19H,(H,25,29)(H,27,31)(H,28,30)/b24-11-/t19-/m1/s1. The number of carbonyl (C=O) groups is 2. The number of aromatic amines is 1. The number of H-pyrrole nitrogens is 1. The van der Waals surface area contributed by atoms with Gasteiger partial charge in [0, 0.05) is 25.7 Å². The largest absolute Gasteiger partial charge is 0.335 e. The van der Waals surface area contributed by atoms with E-state index in [1.807, 2.05) is 11.4 Å². The van der Waals surface area contributed by atoms with E-state index >= 15 is 0 Å². The molecule has 4 rings (SSSR count). The van der Waals surface area contributed by atoms with Crippen molar-refractivity contribution in [3.63, 3.8) is 0 Å². The van der Waals surface area contributed by atoms with Gasteiger partial charge in [0.05, 0.1) is 11.6 Å². The van der Waals surface area contributed by atoms with E-state index in [1.54, 1.807) is 54.6 Å². The van der Waals surface area contributed by atoms with Crippen molar-refractivity contribution >= 4 is 56.1 Å². The van der Waals surface area contributed by atoms with Crippen molar-refractivity contribution in [1.82, 2.24) is 20.9 Å². The number of fused-ring (bicyclic) bond motifs is 1. The molecule has 0 saturated carbocycles. The lowest BCUT2D eigenvalue weighted by atomic mass is 10.0. The summed E-state index contributed by atoms with van der Waals surface area (Å²) >= 11 is 4.81. The summed E-state index contributed by atoms with van der Waals surface area (Å²) in [5.74, 6) is -1.07. The smallest absolute Gasteiger partial charge is 0.272 e. The first-order valence-electron chi connectivity index (χ1n) is 9.43. The Hall–Kier alpha value is -3.63. The molecule has 2 amide bonds. The van der Waals surface area contributed by atoms with E-state index in [-0.39, 0.29) is 11.3 Å². The molecule has 0 unspecified atom stereocenters. The van der Waals surface area contributed by atoms with Crippen molar-refractivity contribution < 1.29 is 9.59 Å². The third-order valence-corrected chi connectivity index (χ3v) is 6.15. The first-order chi connectivity index (χ1) is 15.5. The van der Waals surface area contributed by atoms with Crippen molar-refractivity contribution in [3.8, 4) is 0 Å². The predicted octanol–water partition coefficient (Wildman–Crippen LogP) is 3.37. The van der Waals surface area contributed by atoms with E-state index in [1.165, 1.54) is 17.6 Å². The van der Waals surface area contributed by atoms with Crippen LogP contribution in [0.5, 0.6) is 0 Å². The summed E-state index contributed by atoms with van der Waals surface area (Å²) in [5.41, 5.74) is 2.65. The van der Waals surface area contributed by atoms with Gasteiger partial charge >= 0.3 is 0 Å². The Bertz CT molecular complexity index is 1370.